The summed E-state index contributed by atoms with van der Waals surface area (Å²) in [5, 5.41) is 0.909. The van der Waals surface area contributed by atoms with Crippen molar-refractivity contribution < 1.29 is 14.3 Å². The van der Waals surface area contributed by atoms with Crippen LogP contribution in [0.2, 0.25) is 0 Å². The van der Waals surface area contributed by atoms with E-state index in [4.69, 9.17) is 9.47 Å². The monoisotopic (exact) mass is 298 g/mol. The highest BCUT2D eigenvalue weighted by Crippen LogP contribution is 2.32. The summed E-state index contributed by atoms with van der Waals surface area (Å²) in [6, 6.07) is 0.206. The maximum atomic E-state index is 11.9. The Morgan fingerprint density at radius 3 is 2.80 bits per heavy atom. The average molecular weight is 298 g/mol. The lowest BCUT2D eigenvalue weighted by atomic mass is 10.0. The van der Waals surface area contributed by atoms with Gasteiger partial charge in [0.05, 0.1) is 19.3 Å². The number of ketones is 1. The molecule has 20 heavy (non-hydrogen) atoms. The second-order valence-electron chi connectivity index (χ2n) is 5.04. The van der Waals surface area contributed by atoms with E-state index in [1.54, 1.807) is 25.6 Å². The number of methoxy groups -OCH3 is 2. The second kappa shape index (κ2) is 7.15. The molecule has 1 aromatic heterocycles. The number of carbonyl (C=O) groups is 1. The van der Waals surface area contributed by atoms with E-state index < -0.39 is 0 Å². The molecule has 0 spiro atoms. The van der Waals surface area contributed by atoms with Crippen LogP contribution in [-0.2, 0) is 15.9 Å². The minimum absolute atomic E-state index is 0.180. The third-order valence-corrected chi connectivity index (χ3v) is 4.63. The zero-order chi connectivity index (χ0) is 14.5. The van der Waals surface area contributed by atoms with Crippen molar-refractivity contribution in [3.63, 3.8) is 0 Å². The van der Waals surface area contributed by atoms with Gasteiger partial charge in [0.1, 0.15) is 5.69 Å². The van der Waals surface area contributed by atoms with Crippen molar-refractivity contribution in [2.24, 2.45) is 0 Å². The molecule has 1 atom stereocenters. The first-order chi connectivity index (χ1) is 9.67. The van der Waals surface area contributed by atoms with Gasteiger partial charge in [-0.2, -0.15) is 0 Å². The van der Waals surface area contributed by atoms with Crippen LogP contribution in [0.4, 0.5) is 5.13 Å². The fourth-order valence-corrected chi connectivity index (χ4v) is 3.65. The number of carbonyl (C=O) groups excluding carboxylic acids is 1. The number of anilines is 1. The number of nitrogens with zero attached hydrogens (tertiary/aromatic N) is 2. The zero-order valence-electron chi connectivity index (χ0n) is 12.3. The first kappa shape index (κ1) is 15.4. The topological polar surface area (TPSA) is 51.7 Å². The summed E-state index contributed by atoms with van der Waals surface area (Å²) in [5.41, 5.74) is 0.684. The summed E-state index contributed by atoms with van der Waals surface area (Å²) >= 11 is 1.63. The quantitative estimate of drug-likeness (QED) is 0.772. The van der Waals surface area contributed by atoms with Crippen LogP contribution in [0.15, 0.2) is 0 Å². The van der Waals surface area contributed by atoms with Gasteiger partial charge in [-0.05, 0) is 19.8 Å². The lowest BCUT2D eigenvalue weighted by Gasteiger charge is -2.28. The molecule has 6 heteroatoms. The van der Waals surface area contributed by atoms with Gasteiger partial charge in [0.25, 0.3) is 0 Å². The fourth-order valence-electron chi connectivity index (χ4n) is 2.40. The van der Waals surface area contributed by atoms with Gasteiger partial charge in [0, 0.05) is 32.1 Å². The maximum absolute atomic E-state index is 11.9. The molecule has 0 saturated carbocycles. The normalized spacial score (nSPS) is 16.1. The number of hydrogen-bond donors (Lipinski definition) is 0. The lowest BCUT2D eigenvalue weighted by Crippen LogP contribution is -2.38. The summed E-state index contributed by atoms with van der Waals surface area (Å²) in [6.45, 7) is 4.11. The molecule has 0 aromatic carbocycles. The van der Waals surface area contributed by atoms with Gasteiger partial charge in [-0.25, -0.2) is 4.98 Å². The van der Waals surface area contributed by atoms with Crippen LogP contribution in [0, 0.1) is 0 Å². The van der Waals surface area contributed by atoms with Crippen molar-refractivity contribution in [1.82, 2.24) is 4.98 Å². The van der Waals surface area contributed by atoms with Gasteiger partial charge in [0.15, 0.2) is 10.9 Å². The lowest BCUT2D eigenvalue weighted by molar-refractivity contribution is 0.0968. The van der Waals surface area contributed by atoms with E-state index in [1.807, 2.05) is 0 Å². The van der Waals surface area contributed by atoms with Crippen molar-refractivity contribution in [2.75, 3.05) is 38.9 Å². The molecule has 1 heterocycles. The third kappa shape index (κ3) is 3.37. The Bertz CT molecular complexity index is 461. The van der Waals surface area contributed by atoms with Crippen LogP contribution in [0.3, 0.4) is 0 Å². The number of rotatable bonds is 7. The third-order valence-electron chi connectivity index (χ3n) is 3.48. The Labute approximate surface area is 123 Å². The molecule has 2 rings (SSSR count). The Morgan fingerprint density at radius 1 is 1.35 bits per heavy atom. The molecule has 0 amide bonds. The Hall–Kier alpha value is -0.980. The molecular weight excluding hydrogens is 276 g/mol. The number of ether oxygens (including phenoxy) is 2. The number of hydrogen-bond acceptors (Lipinski definition) is 6. The van der Waals surface area contributed by atoms with E-state index in [0.29, 0.717) is 25.3 Å². The van der Waals surface area contributed by atoms with Gasteiger partial charge in [-0.1, -0.05) is 0 Å². The number of aryl methyl sites for hydroxylation is 1. The summed E-state index contributed by atoms with van der Waals surface area (Å²) in [7, 11) is 3.39. The first-order valence-corrected chi connectivity index (χ1v) is 7.76. The van der Waals surface area contributed by atoms with Crippen molar-refractivity contribution in [1.29, 1.82) is 0 Å². The second-order valence-corrected chi connectivity index (χ2v) is 6.10. The fraction of sp³-hybridized carbons (Fsp3) is 0.714. The van der Waals surface area contributed by atoms with Gasteiger partial charge in [-0.3, -0.25) is 4.79 Å². The number of aromatic nitrogens is 1. The smallest absolute Gasteiger partial charge is 0.186 e. The zero-order valence-corrected chi connectivity index (χ0v) is 13.2. The molecule has 1 aromatic rings. The molecule has 0 aliphatic heterocycles. The van der Waals surface area contributed by atoms with E-state index in [2.05, 4.69) is 16.8 Å². The predicted molar refractivity (Wildman–Crippen MR) is 79.9 cm³/mol. The Kier molecular flexibility index (Phi) is 5.51. The van der Waals surface area contributed by atoms with Gasteiger partial charge in [0.2, 0.25) is 0 Å². The van der Waals surface area contributed by atoms with Crippen LogP contribution in [0.5, 0.6) is 0 Å². The molecule has 112 valence electrons. The highest BCUT2D eigenvalue weighted by molar-refractivity contribution is 7.16. The Morgan fingerprint density at radius 2 is 2.15 bits per heavy atom. The van der Waals surface area contributed by atoms with Gasteiger partial charge in [-0.15, -0.1) is 11.3 Å². The highest BCUT2D eigenvalue weighted by atomic mass is 32.1. The standard InChI is InChI=1S/C14H22N2O3S/c1-10(9-19-3)16(7-8-18-2)14-15-13-11(17)5-4-6-12(13)20-14/h10H,4-9H2,1-3H3. The molecular formula is C14H22N2O3S. The molecule has 0 fully saturated rings. The molecule has 0 saturated heterocycles. The SMILES string of the molecule is COCCN(c1nc2c(s1)CCCC2=O)C(C)COC. The van der Waals surface area contributed by atoms with E-state index in [9.17, 15) is 4.79 Å². The molecule has 5 nitrogen and oxygen atoms in total. The van der Waals surface area contributed by atoms with E-state index in [1.165, 1.54) is 0 Å². The largest absolute Gasteiger partial charge is 0.383 e. The molecule has 1 unspecified atom stereocenters. The highest BCUT2D eigenvalue weighted by Gasteiger charge is 2.25. The van der Waals surface area contributed by atoms with Crippen LogP contribution >= 0.6 is 11.3 Å². The molecule has 0 bridgehead atoms. The van der Waals surface area contributed by atoms with E-state index in [-0.39, 0.29) is 11.8 Å². The van der Waals surface area contributed by atoms with Crippen LogP contribution in [0.1, 0.15) is 35.1 Å². The predicted octanol–water partition coefficient (Wildman–Crippen LogP) is 2.15. The summed E-state index contributed by atoms with van der Waals surface area (Å²) in [4.78, 5) is 19.8. The van der Waals surface area contributed by atoms with Crippen molar-refractivity contribution in [3.8, 4) is 0 Å². The Balaban J connectivity index is 2.21. The van der Waals surface area contributed by atoms with Crippen LogP contribution in [0.25, 0.3) is 0 Å². The summed E-state index contributed by atoms with van der Waals surface area (Å²) < 4.78 is 10.4. The van der Waals surface area contributed by atoms with Gasteiger partial charge < -0.3 is 14.4 Å². The van der Waals surface area contributed by atoms with Crippen molar-refractivity contribution in [2.45, 2.75) is 32.2 Å². The number of Topliss-reactive ketones (excluding diaryl/α,β-unsaturated/α-hetero) is 1. The average Bonchev–Trinajstić information content (AvgIpc) is 2.85. The number of thiazole rings is 1. The maximum Gasteiger partial charge on any atom is 0.186 e. The summed E-state index contributed by atoms with van der Waals surface area (Å²) in [5.74, 6) is 0.180. The molecule has 0 radical (unpaired) electrons. The van der Waals surface area contributed by atoms with E-state index in [0.717, 1.165) is 29.4 Å². The minimum Gasteiger partial charge on any atom is -0.383 e. The first-order valence-electron chi connectivity index (χ1n) is 6.94. The summed E-state index contributed by atoms with van der Waals surface area (Å²) in [6.07, 6.45) is 2.54. The van der Waals surface area contributed by atoms with Crippen LogP contribution < -0.4 is 4.90 Å². The number of fused-ring (bicyclic) bond motifs is 1. The van der Waals surface area contributed by atoms with Crippen molar-refractivity contribution >= 4 is 22.3 Å². The molecule has 1 aliphatic carbocycles. The minimum atomic E-state index is 0.180. The van der Waals surface area contributed by atoms with Crippen molar-refractivity contribution in [3.05, 3.63) is 10.6 Å². The van der Waals surface area contributed by atoms with Crippen LogP contribution in [-0.4, -0.2) is 50.8 Å². The molecule has 0 N–H and O–H groups in total. The van der Waals surface area contributed by atoms with E-state index >= 15 is 0 Å². The molecule has 1 aliphatic rings. The van der Waals surface area contributed by atoms with Gasteiger partial charge >= 0.3 is 0 Å².